The van der Waals surface area contributed by atoms with Gasteiger partial charge in [0.05, 0.1) is 24.6 Å². The number of anilines is 1. The van der Waals surface area contributed by atoms with E-state index in [9.17, 15) is 14.7 Å². The van der Waals surface area contributed by atoms with Crippen LogP contribution in [0.15, 0.2) is 17.1 Å². The van der Waals surface area contributed by atoms with Crippen LogP contribution >= 0.6 is 0 Å². The van der Waals surface area contributed by atoms with Crippen molar-refractivity contribution in [3.8, 4) is 5.75 Å². The van der Waals surface area contributed by atoms with Gasteiger partial charge in [-0.1, -0.05) is 0 Å². The predicted molar refractivity (Wildman–Crippen MR) is 105 cm³/mol. The number of fused-ring (bicyclic) bond motifs is 1. The lowest BCUT2D eigenvalue weighted by molar-refractivity contribution is 0.0695. The van der Waals surface area contributed by atoms with E-state index in [0.717, 1.165) is 36.8 Å². The largest absolute Gasteiger partial charge is 0.492 e. The number of benzene rings is 1. The minimum absolute atomic E-state index is 0.0635. The van der Waals surface area contributed by atoms with Gasteiger partial charge in [-0.3, -0.25) is 4.79 Å². The van der Waals surface area contributed by atoms with Crippen LogP contribution in [-0.2, 0) is 10.9 Å². The number of hydrogen-bond donors (Lipinski definition) is 1. The van der Waals surface area contributed by atoms with Crippen molar-refractivity contribution < 1.29 is 19.0 Å². The molecular weight excluding hydrogens is 371 g/mol. The monoisotopic (exact) mass is 393 g/mol. The van der Waals surface area contributed by atoms with Gasteiger partial charge in [0.25, 0.3) is 0 Å². The van der Waals surface area contributed by atoms with Crippen molar-refractivity contribution in [1.82, 2.24) is 4.57 Å². The Labute approximate surface area is 158 Å². The number of methoxy groups -OCH3 is 1. The summed E-state index contributed by atoms with van der Waals surface area (Å²) in [6.45, 7) is 2.88. The van der Waals surface area contributed by atoms with Crippen molar-refractivity contribution in [3.05, 3.63) is 33.9 Å². The van der Waals surface area contributed by atoms with Crippen molar-refractivity contribution in [2.75, 3.05) is 35.9 Å². The molecule has 0 radical (unpaired) electrons. The third-order valence-electron chi connectivity index (χ3n) is 5.29. The summed E-state index contributed by atoms with van der Waals surface area (Å²) in [5.41, 5.74) is -0.134. The van der Waals surface area contributed by atoms with Gasteiger partial charge in [0.2, 0.25) is 5.43 Å². The van der Waals surface area contributed by atoms with Gasteiger partial charge in [0, 0.05) is 23.1 Å². The number of aromatic carboxylic acids is 1. The molecule has 1 aromatic heterocycles. The molecule has 0 bridgehead atoms. The van der Waals surface area contributed by atoms with E-state index in [4.69, 9.17) is 4.74 Å². The van der Waals surface area contributed by atoms with Gasteiger partial charge in [-0.25, -0.2) is 9.18 Å². The topological polar surface area (TPSA) is 71.8 Å². The second kappa shape index (κ2) is 6.74. The number of rotatable bonds is 5. The number of nitrogens with zero attached hydrogens (tertiary/aromatic N) is 2. The van der Waals surface area contributed by atoms with Crippen molar-refractivity contribution >= 4 is 33.5 Å². The third kappa shape index (κ3) is 2.96. The number of pyridine rings is 1. The summed E-state index contributed by atoms with van der Waals surface area (Å²) in [6.07, 6.45) is 3.18. The van der Waals surface area contributed by atoms with E-state index in [2.05, 4.69) is 6.92 Å². The lowest BCUT2D eigenvalue weighted by Gasteiger charge is -2.22. The molecule has 1 unspecified atom stereocenters. The van der Waals surface area contributed by atoms with E-state index in [1.807, 2.05) is 4.90 Å². The molecule has 1 atom stereocenters. The van der Waals surface area contributed by atoms with Crippen LogP contribution in [0.3, 0.4) is 0 Å². The molecule has 2 aliphatic rings. The molecule has 1 aliphatic heterocycles. The molecule has 2 fully saturated rings. The molecule has 1 saturated heterocycles. The molecule has 144 valence electrons. The molecule has 6 nitrogen and oxygen atoms in total. The molecule has 2 heterocycles. The van der Waals surface area contributed by atoms with E-state index in [0.29, 0.717) is 17.0 Å². The van der Waals surface area contributed by atoms with Gasteiger partial charge in [-0.15, -0.1) is 0 Å². The quantitative estimate of drug-likeness (QED) is 0.791. The Morgan fingerprint density at radius 2 is 2.19 bits per heavy atom. The van der Waals surface area contributed by atoms with E-state index < -0.39 is 17.2 Å². The van der Waals surface area contributed by atoms with Gasteiger partial charge in [0.15, 0.2) is 17.4 Å². The Morgan fingerprint density at radius 3 is 2.74 bits per heavy atom. The summed E-state index contributed by atoms with van der Waals surface area (Å²) < 4.78 is 22.5. The first-order chi connectivity index (χ1) is 13.0. The standard InChI is InChI=1S/C19H21FN2O4S/c1-3-27-7-6-21(10-27)16-14(20)8-12-15(18(16)26-2)22(11-4-5-11)9-13(17(12)23)19(24)25/h8-9,11H,3-7,10H2,1-2H3/p+1. The van der Waals surface area contributed by atoms with Crippen LogP contribution in [0.1, 0.15) is 36.2 Å². The zero-order valence-electron chi connectivity index (χ0n) is 15.3. The summed E-state index contributed by atoms with van der Waals surface area (Å²) in [4.78, 5) is 26.2. The van der Waals surface area contributed by atoms with E-state index in [1.165, 1.54) is 19.4 Å². The highest BCUT2D eigenvalue weighted by Crippen LogP contribution is 2.44. The van der Waals surface area contributed by atoms with Gasteiger partial charge in [-0.05, 0) is 25.8 Å². The molecule has 2 aromatic rings. The fourth-order valence-corrected chi connectivity index (χ4v) is 5.50. The normalized spacial score (nSPS) is 19.7. The zero-order valence-corrected chi connectivity index (χ0v) is 16.1. The molecule has 27 heavy (non-hydrogen) atoms. The van der Waals surface area contributed by atoms with Crippen LogP contribution in [-0.4, -0.2) is 46.7 Å². The maximum Gasteiger partial charge on any atom is 0.341 e. The first-order valence-corrected chi connectivity index (χ1v) is 10.8. The highest BCUT2D eigenvalue weighted by Gasteiger charge is 2.35. The summed E-state index contributed by atoms with van der Waals surface area (Å²) in [5, 5.41) is 9.45. The Kier molecular flexibility index (Phi) is 4.53. The van der Waals surface area contributed by atoms with Crippen LogP contribution in [0, 0.1) is 5.82 Å². The van der Waals surface area contributed by atoms with Crippen LogP contribution in [0.2, 0.25) is 0 Å². The Morgan fingerprint density at radius 1 is 1.44 bits per heavy atom. The predicted octanol–water partition coefficient (Wildman–Crippen LogP) is 2.60. The fraction of sp³-hybridized carbons (Fsp3) is 0.474. The lowest BCUT2D eigenvalue weighted by Crippen LogP contribution is -2.24. The Balaban J connectivity index is 2.01. The minimum Gasteiger partial charge on any atom is -0.492 e. The smallest absolute Gasteiger partial charge is 0.341 e. The van der Waals surface area contributed by atoms with Crippen molar-refractivity contribution in [2.24, 2.45) is 0 Å². The first-order valence-electron chi connectivity index (χ1n) is 9.03. The SMILES string of the molecule is CC[S+]1CCN(c2c(F)cc3c(=O)c(C(=O)O)cn(C4CC4)c3c2OC)C1. The highest BCUT2D eigenvalue weighted by atomic mass is 32.2. The third-order valence-corrected chi connectivity index (χ3v) is 7.54. The van der Waals surface area contributed by atoms with Gasteiger partial charge < -0.3 is 19.3 Å². The molecule has 0 amide bonds. The lowest BCUT2D eigenvalue weighted by atomic mass is 10.1. The summed E-state index contributed by atoms with van der Waals surface area (Å²) in [5.74, 6) is 1.34. The number of hydrogen-bond acceptors (Lipinski definition) is 4. The van der Waals surface area contributed by atoms with Crippen LogP contribution in [0.25, 0.3) is 10.9 Å². The molecule has 1 aliphatic carbocycles. The van der Waals surface area contributed by atoms with E-state index in [1.54, 1.807) is 4.57 Å². The zero-order chi connectivity index (χ0) is 19.3. The Bertz CT molecular complexity index is 986. The average molecular weight is 393 g/mol. The maximum absolute atomic E-state index is 15.1. The average Bonchev–Trinajstić information content (AvgIpc) is 3.38. The second-order valence-corrected chi connectivity index (χ2v) is 9.42. The number of carboxylic acids is 1. The molecule has 8 heteroatoms. The minimum atomic E-state index is -1.30. The first kappa shape index (κ1) is 18.2. The van der Waals surface area contributed by atoms with Crippen LogP contribution < -0.4 is 15.1 Å². The molecule has 4 rings (SSSR count). The molecule has 1 aromatic carbocycles. The highest BCUT2D eigenvalue weighted by molar-refractivity contribution is 7.97. The number of carbonyl (C=O) groups is 1. The van der Waals surface area contributed by atoms with Crippen molar-refractivity contribution in [1.29, 1.82) is 0 Å². The molecular formula is C19H22FN2O4S+. The van der Waals surface area contributed by atoms with Crippen LogP contribution in [0.5, 0.6) is 5.75 Å². The van der Waals surface area contributed by atoms with Gasteiger partial charge in [0.1, 0.15) is 22.8 Å². The summed E-state index contributed by atoms with van der Waals surface area (Å²) in [6, 6.07) is 1.30. The number of aromatic nitrogens is 1. The van der Waals surface area contributed by atoms with Gasteiger partial charge >= 0.3 is 5.97 Å². The van der Waals surface area contributed by atoms with E-state index in [-0.39, 0.29) is 27.9 Å². The molecule has 1 saturated carbocycles. The van der Waals surface area contributed by atoms with Crippen molar-refractivity contribution in [2.45, 2.75) is 25.8 Å². The van der Waals surface area contributed by atoms with Crippen LogP contribution in [0.4, 0.5) is 10.1 Å². The fourth-order valence-electron chi connectivity index (χ4n) is 3.72. The molecule has 0 spiro atoms. The number of carboxylic acid groups (broad SMARTS) is 1. The Hall–Kier alpha value is -2.22. The summed E-state index contributed by atoms with van der Waals surface area (Å²) in [7, 11) is 1.70. The molecule has 1 N–H and O–H groups in total. The number of halogens is 1. The summed E-state index contributed by atoms with van der Waals surface area (Å²) >= 11 is 0. The van der Waals surface area contributed by atoms with E-state index >= 15 is 4.39 Å². The van der Waals surface area contributed by atoms with Crippen molar-refractivity contribution in [3.63, 3.8) is 0 Å². The van der Waals surface area contributed by atoms with Gasteiger partial charge in [-0.2, -0.15) is 0 Å². The second-order valence-electron chi connectivity index (χ2n) is 6.95. The maximum atomic E-state index is 15.1. The number of ether oxygens (including phenoxy) is 1.